The molecular weight excluding hydrogens is 452 g/mol. The van der Waals surface area contributed by atoms with Crippen molar-refractivity contribution in [3.05, 3.63) is 95.0 Å². The predicted octanol–water partition coefficient (Wildman–Crippen LogP) is 6.41. The van der Waals surface area contributed by atoms with E-state index in [2.05, 4.69) is 10.3 Å². The number of fused-ring (bicyclic) bond motifs is 2. The molecule has 168 valence electrons. The van der Waals surface area contributed by atoms with Gasteiger partial charge in [0.25, 0.3) is 5.91 Å². The van der Waals surface area contributed by atoms with E-state index in [1.165, 1.54) is 0 Å². The largest absolute Gasteiger partial charge is 0.452 e. The number of para-hydroxylation sites is 2. The first-order valence-electron chi connectivity index (χ1n) is 10.6. The zero-order valence-corrected chi connectivity index (χ0v) is 18.9. The minimum atomic E-state index is -0.618. The molecule has 0 aliphatic rings. The quantitative estimate of drug-likeness (QED) is 0.300. The number of esters is 1. The number of amides is 1. The molecule has 4 aromatic carbocycles. The Morgan fingerprint density at radius 3 is 2.56 bits per heavy atom. The maximum absolute atomic E-state index is 13.0. The molecule has 0 unspecified atom stereocenters. The number of nitrogens with zero attached hydrogens (tertiary/aromatic N) is 1. The van der Waals surface area contributed by atoms with E-state index < -0.39 is 18.5 Å². The van der Waals surface area contributed by atoms with Crippen LogP contribution in [0.5, 0.6) is 0 Å². The molecule has 7 heteroatoms. The van der Waals surface area contributed by atoms with E-state index in [-0.39, 0.29) is 0 Å². The molecule has 0 atom stereocenters. The van der Waals surface area contributed by atoms with Crippen molar-refractivity contribution >= 4 is 51.0 Å². The van der Waals surface area contributed by atoms with Crippen LogP contribution in [0.25, 0.3) is 33.3 Å². The van der Waals surface area contributed by atoms with Crippen molar-refractivity contribution in [3.63, 3.8) is 0 Å². The summed E-state index contributed by atoms with van der Waals surface area (Å²) in [6.07, 6.45) is 0. The molecule has 0 aliphatic heterocycles. The minimum absolute atomic E-state index is 0.321. The molecule has 0 saturated heterocycles. The first-order chi connectivity index (χ1) is 16.5. The van der Waals surface area contributed by atoms with Crippen LogP contribution >= 0.6 is 11.6 Å². The molecule has 0 spiro atoms. The van der Waals surface area contributed by atoms with Crippen LogP contribution < -0.4 is 5.32 Å². The SMILES string of the molecule is Cc1c(Cl)cccc1NC(=O)COC(=O)c1cccc2cccc(-c3nc4ccccc4o3)c12. The van der Waals surface area contributed by atoms with Gasteiger partial charge < -0.3 is 14.5 Å². The van der Waals surface area contributed by atoms with E-state index in [0.29, 0.717) is 38.7 Å². The van der Waals surface area contributed by atoms with E-state index in [0.717, 1.165) is 16.5 Å². The molecule has 1 aromatic heterocycles. The van der Waals surface area contributed by atoms with E-state index in [1.807, 2.05) is 48.5 Å². The third kappa shape index (κ3) is 4.11. The zero-order valence-electron chi connectivity index (χ0n) is 18.2. The highest BCUT2D eigenvalue weighted by atomic mass is 35.5. The van der Waals surface area contributed by atoms with Gasteiger partial charge in [0.1, 0.15) is 5.52 Å². The normalized spacial score (nSPS) is 11.0. The second kappa shape index (κ2) is 9.00. The molecule has 0 saturated carbocycles. The van der Waals surface area contributed by atoms with Crippen LogP contribution in [0.15, 0.2) is 83.3 Å². The Kier molecular flexibility index (Phi) is 5.74. The fraction of sp³-hybridized carbons (Fsp3) is 0.0741. The lowest BCUT2D eigenvalue weighted by Gasteiger charge is -2.11. The molecule has 6 nitrogen and oxygen atoms in total. The van der Waals surface area contributed by atoms with Crippen molar-refractivity contribution in [2.24, 2.45) is 0 Å². The van der Waals surface area contributed by atoms with Crippen molar-refractivity contribution in [3.8, 4) is 11.5 Å². The Morgan fingerprint density at radius 1 is 0.971 bits per heavy atom. The second-order valence-corrected chi connectivity index (χ2v) is 8.14. The van der Waals surface area contributed by atoms with Gasteiger partial charge in [0.2, 0.25) is 5.89 Å². The van der Waals surface area contributed by atoms with Crippen molar-refractivity contribution < 1.29 is 18.7 Å². The maximum atomic E-state index is 13.0. The summed E-state index contributed by atoms with van der Waals surface area (Å²) in [7, 11) is 0. The Bertz CT molecular complexity index is 1520. The smallest absolute Gasteiger partial charge is 0.339 e. The number of nitrogens with one attached hydrogen (secondary N) is 1. The van der Waals surface area contributed by atoms with Gasteiger partial charge in [-0.25, -0.2) is 9.78 Å². The maximum Gasteiger partial charge on any atom is 0.339 e. The third-order valence-electron chi connectivity index (χ3n) is 5.53. The topological polar surface area (TPSA) is 81.4 Å². The van der Waals surface area contributed by atoms with Crippen LogP contribution in [0.2, 0.25) is 5.02 Å². The fourth-order valence-electron chi connectivity index (χ4n) is 3.81. The highest BCUT2D eigenvalue weighted by Gasteiger charge is 2.19. The van der Waals surface area contributed by atoms with Crippen LogP contribution in [0.4, 0.5) is 5.69 Å². The first kappa shape index (κ1) is 21.7. The second-order valence-electron chi connectivity index (χ2n) is 7.73. The number of rotatable bonds is 5. The molecule has 0 aliphatic carbocycles. The van der Waals surface area contributed by atoms with Crippen LogP contribution in [0, 0.1) is 6.92 Å². The van der Waals surface area contributed by atoms with Crippen molar-refractivity contribution in [2.45, 2.75) is 6.92 Å². The predicted molar refractivity (Wildman–Crippen MR) is 132 cm³/mol. The van der Waals surface area contributed by atoms with E-state index >= 15 is 0 Å². The molecule has 0 fully saturated rings. The molecule has 1 amide bonds. The van der Waals surface area contributed by atoms with Crippen LogP contribution in [0.3, 0.4) is 0 Å². The summed E-state index contributed by atoms with van der Waals surface area (Å²) >= 11 is 6.10. The van der Waals surface area contributed by atoms with Gasteiger partial charge in [-0.3, -0.25) is 4.79 Å². The number of anilines is 1. The van der Waals surface area contributed by atoms with Gasteiger partial charge in [0.05, 0.1) is 5.56 Å². The zero-order chi connectivity index (χ0) is 23.7. The lowest BCUT2D eigenvalue weighted by molar-refractivity contribution is -0.119. The average molecular weight is 471 g/mol. The highest BCUT2D eigenvalue weighted by Crippen LogP contribution is 2.33. The highest BCUT2D eigenvalue weighted by molar-refractivity contribution is 6.31. The molecule has 1 N–H and O–H groups in total. The lowest BCUT2D eigenvalue weighted by atomic mass is 9.99. The molecule has 0 bridgehead atoms. The van der Waals surface area contributed by atoms with Gasteiger partial charge in [-0.2, -0.15) is 0 Å². The average Bonchev–Trinajstić information content (AvgIpc) is 3.29. The van der Waals surface area contributed by atoms with Crippen molar-refractivity contribution in [2.75, 3.05) is 11.9 Å². The summed E-state index contributed by atoms with van der Waals surface area (Å²) in [5.41, 5.74) is 3.67. The summed E-state index contributed by atoms with van der Waals surface area (Å²) in [4.78, 5) is 30.0. The first-order valence-corrected chi connectivity index (χ1v) is 11.0. The number of ether oxygens (including phenoxy) is 1. The number of aromatic nitrogens is 1. The molecule has 5 aromatic rings. The lowest BCUT2D eigenvalue weighted by Crippen LogP contribution is -2.21. The third-order valence-corrected chi connectivity index (χ3v) is 5.93. The fourth-order valence-corrected chi connectivity index (χ4v) is 3.99. The Hall–Kier alpha value is -4.16. The van der Waals surface area contributed by atoms with E-state index in [9.17, 15) is 9.59 Å². The van der Waals surface area contributed by atoms with Gasteiger partial charge in [0.15, 0.2) is 12.2 Å². The number of halogens is 1. The Morgan fingerprint density at radius 2 is 1.74 bits per heavy atom. The van der Waals surface area contributed by atoms with E-state index in [1.54, 1.807) is 37.3 Å². The molecule has 34 heavy (non-hydrogen) atoms. The summed E-state index contributed by atoms with van der Waals surface area (Å²) in [5.74, 6) is -0.675. The number of benzene rings is 4. The summed E-state index contributed by atoms with van der Waals surface area (Å²) in [5, 5.41) is 4.73. The number of carbonyl (C=O) groups is 2. The molecule has 1 heterocycles. The van der Waals surface area contributed by atoms with E-state index in [4.69, 9.17) is 20.8 Å². The molecular formula is C27H19ClN2O4. The Balaban J connectivity index is 1.42. The number of hydrogen-bond acceptors (Lipinski definition) is 5. The molecule has 0 radical (unpaired) electrons. The van der Waals surface area contributed by atoms with Gasteiger partial charge >= 0.3 is 5.97 Å². The standard InChI is InChI=1S/C27H19ClN2O4/c1-16-20(28)11-6-13-21(16)29-24(31)15-33-27(32)19-10-5-8-17-7-4-9-18(25(17)19)26-30-22-12-2-3-14-23(22)34-26/h2-14H,15H2,1H3,(H,29,31). The number of hydrogen-bond donors (Lipinski definition) is 1. The number of carbonyl (C=O) groups excluding carboxylic acids is 2. The minimum Gasteiger partial charge on any atom is -0.452 e. The summed E-state index contributed by atoms with van der Waals surface area (Å²) < 4.78 is 11.3. The Labute approximate surface area is 200 Å². The summed E-state index contributed by atoms with van der Waals surface area (Å²) in [6.45, 7) is 1.36. The van der Waals surface area contributed by atoms with Crippen molar-refractivity contribution in [1.29, 1.82) is 0 Å². The van der Waals surface area contributed by atoms with Crippen LogP contribution in [-0.2, 0) is 9.53 Å². The van der Waals surface area contributed by atoms with Gasteiger partial charge in [-0.1, -0.05) is 54.1 Å². The monoisotopic (exact) mass is 470 g/mol. The van der Waals surface area contributed by atoms with Crippen LogP contribution in [0.1, 0.15) is 15.9 Å². The van der Waals surface area contributed by atoms with Crippen LogP contribution in [-0.4, -0.2) is 23.5 Å². The van der Waals surface area contributed by atoms with Gasteiger partial charge in [-0.15, -0.1) is 0 Å². The summed E-state index contributed by atoms with van der Waals surface area (Å²) in [6, 6.07) is 23.6. The molecule has 5 rings (SSSR count). The van der Waals surface area contributed by atoms with Crippen molar-refractivity contribution in [1.82, 2.24) is 4.98 Å². The number of oxazole rings is 1. The van der Waals surface area contributed by atoms with Gasteiger partial charge in [0, 0.05) is 21.7 Å². The van der Waals surface area contributed by atoms with Gasteiger partial charge in [-0.05, 0) is 54.3 Å².